The molecule has 1 amide bonds. The lowest BCUT2D eigenvalue weighted by Gasteiger charge is -2.10. The van der Waals surface area contributed by atoms with Gasteiger partial charge in [0.2, 0.25) is 5.91 Å². The van der Waals surface area contributed by atoms with E-state index in [1.54, 1.807) is 53.8 Å². The second kappa shape index (κ2) is 7.02. The van der Waals surface area contributed by atoms with Gasteiger partial charge in [-0.2, -0.15) is 0 Å². The first-order valence-electron chi connectivity index (χ1n) is 6.96. The van der Waals surface area contributed by atoms with Crippen molar-refractivity contribution in [1.29, 1.82) is 0 Å². The van der Waals surface area contributed by atoms with E-state index in [2.05, 4.69) is 26.2 Å². The molecule has 8 heteroatoms. The molecule has 1 N–H and O–H groups in total. The molecule has 0 fully saturated rings. The van der Waals surface area contributed by atoms with Gasteiger partial charge in [0.1, 0.15) is 6.54 Å². The average Bonchev–Trinajstić information content (AvgIpc) is 3.05. The molecule has 24 heavy (non-hydrogen) atoms. The number of benzene rings is 1. The Bertz CT molecular complexity index is 938. The quantitative estimate of drug-likeness (QED) is 0.722. The molecule has 0 aliphatic heterocycles. The number of amides is 1. The van der Waals surface area contributed by atoms with Gasteiger partial charge in [-0.1, -0.05) is 11.6 Å². The van der Waals surface area contributed by atoms with Crippen molar-refractivity contribution in [2.75, 3.05) is 5.32 Å². The van der Waals surface area contributed by atoms with Crippen molar-refractivity contribution in [1.82, 2.24) is 14.1 Å². The molecular formula is C16H12BrClN4O2. The van der Waals surface area contributed by atoms with E-state index < -0.39 is 0 Å². The Morgan fingerprint density at radius 1 is 1.29 bits per heavy atom. The molecule has 0 spiro atoms. The van der Waals surface area contributed by atoms with Gasteiger partial charge in [0, 0.05) is 34.8 Å². The summed E-state index contributed by atoms with van der Waals surface area (Å²) in [7, 11) is 0. The molecule has 2 aromatic heterocycles. The average molecular weight is 408 g/mol. The van der Waals surface area contributed by atoms with E-state index in [1.165, 1.54) is 10.6 Å². The molecular weight excluding hydrogens is 396 g/mol. The van der Waals surface area contributed by atoms with Crippen LogP contribution in [0.2, 0.25) is 5.02 Å². The third-order valence-electron chi connectivity index (χ3n) is 3.28. The van der Waals surface area contributed by atoms with Gasteiger partial charge in [-0.15, -0.1) is 0 Å². The van der Waals surface area contributed by atoms with Crippen molar-refractivity contribution >= 4 is 39.1 Å². The Labute approximate surface area is 150 Å². The summed E-state index contributed by atoms with van der Waals surface area (Å²) in [6.45, 7) is -0.0842. The lowest BCUT2D eigenvalue weighted by Crippen LogP contribution is -2.26. The highest BCUT2D eigenvalue weighted by atomic mass is 79.9. The summed E-state index contributed by atoms with van der Waals surface area (Å²) in [5, 5.41) is 3.20. The van der Waals surface area contributed by atoms with Gasteiger partial charge in [0.25, 0.3) is 5.56 Å². The van der Waals surface area contributed by atoms with Gasteiger partial charge < -0.3 is 14.5 Å². The first kappa shape index (κ1) is 16.5. The van der Waals surface area contributed by atoms with Gasteiger partial charge >= 0.3 is 0 Å². The molecule has 0 aliphatic rings. The number of hydrogen-bond acceptors (Lipinski definition) is 3. The number of imidazole rings is 1. The Morgan fingerprint density at radius 3 is 2.83 bits per heavy atom. The minimum atomic E-state index is -0.318. The van der Waals surface area contributed by atoms with Gasteiger partial charge in [0.15, 0.2) is 0 Å². The van der Waals surface area contributed by atoms with Crippen molar-refractivity contribution in [3.8, 4) is 5.69 Å². The smallest absolute Gasteiger partial charge is 0.251 e. The largest absolute Gasteiger partial charge is 0.324 e. The Kier molecular flexibility index (Phi) is 4.82. The molecule has 0 unspecified atom stereocenters. The van der Waals surface area contributed by atoms with Crippen molar-refractivity contribution in [2.24, 2.45) is 0 Å². The Hall–Kier alpha value is -2.38. The molecule has 0 radical (unpaired) electrons. The van der Waals surface area contributed by atoms with Crippen LogP contribution in [0, 0.1) is 0 Å². The molecule has 0 bridgehead atoms. The molecule has 1 aromatic carbocycles. The molecule has 3 rings (SSSR count). The second-order valence-electron chi connectivity index (χ2n) is 5.00. The van der Waals surface area contributed by atoms with Crippen molar-refractivity contribution in [3.05, 3.63) is 75.1 Å². The summed E-state index contributed by atoms with van der Waals surface area (Å²) in [5.74, 6) is -0.318. The minimum Gasteiger partial charge on any atom is -0.324 e. The second-order valence-corrected chi connectivity index (χ2v) is 6.32. The van der Waals surface area contributed by atoms with E-state index in [0.29, 0.717) is 10.7 Å². The van der Waals surface area contributed by atoms with Gasteiger partial charge in [-0.25, -0.2) is 4.98 Å². The number of rotatable bonds is 4. The number of carbonyl (C=O) groups is 1. The SMILES string of the molecule is O=C(Cn1cc(Br)ccc1=O)Nc1ccc(-n2ccnc2)c(Cl)c1. The van der Waals surface area contributed by atoms with Crippen LogP contribution in [0.5, 0.6) is 0 Å². The maximum absolute atomic E-state index is 12.1. The summed E-state index contributed by atoms with van der Waals surface area (Å²) in [6.07, 6.45) is 6.64. The van der Waals surface area contributed by atoms with E-state index >= 15 is 0 Å². The van der Waals surface area contributed by atoms with E-state index in [0.717, 1.165) is 10.2 Å². The maximum atomic E-state index is 12.1. The van der Waals surface area contributed by atoms with Crippen LogP contribution in [0.25, 0.3) is 5.69 Å². The number of anilines is 1. The summed E-state index contributed by atoms with van der Waals surface area (Å²) in [6, 6.07) is 8.20. The normalized spacial score (nSPS) is 10.6. The molecule has 0 saturated carbocycles. The van der Waals surface area contributed by atoms with Gasteiger partial charge in [0.05, 0.1) is 17.0 Å². The highest BCUT2D eigenvalue weighted by Gasteiger charge is 2.08. The maximum Gasteiger partial charge on any atom is 0.251 e. The monoisotopic (exact) mass is 406 g/mol. The van der Waals surface area contributed by atoms with Gasteiger partial charge in [-0.05, 0) is 40.2 Å². The predicted octanol–water partition coefficient (Wildman–Crippen LogP) is 3.09. The first-order chi connectivity index (χ1) is 11.5. The first-order valence-corrected chi connectivity index (χ1v) is 8.14. The third kappa shape index (κ3) is 3.74. The fraction of sp³-hybridized carbons (Fsp3) is 0.0625. The highest BCUT2D eigenvalue weighted by molar-refractivity contribution is 9.10. The molecule has 3 aromatic rings. The molecule has 0 aliphatic carbocycles. The van der Waals surface area contributed by atoms with Crippen LogP contribution < -0.4 is 10.9 Å². The standard InChI is InChI=1S/C16H12BrClN4O2/c17-11-1-4-16(24)22(8-11)9-15(23)20-12-2-3-14(13(18)7-12)21-6-5-19-10-21/h1-8,10H,9H2,(H,20,23). The zero-order valence-electron chi connectivity index (χ0n) is 12.3. The molecule has 6 nitrogen and oxygen atoms in total. The molecule has 2 heterocycles. The number of carbonyl (C=O) groups excluding carboxylic acids is 1. The fourth-order valence-corrected chi connectivity index (χ4v) is 2.83. The van der Waals surface area contributed by atoms with Crippen LogP contribution in [0.1, 0.15) is 0 Å². The number of hydrogen-bond donors (Lipinski definition) is 1. The van der Waals surface area contributed by atoms with E-state index in [-0.39, 0.29) is 18.0 Å². The van der Waals surface area contributed by atoms with Gasteiger partial charge in [-0.3, -0.25) is 9.59 Å². The Balaban J connectivity index is 1.74. The topological polar surface area (TPSA) is 68.9 Å². The molecule has 0 saturated heterocycles. The lowest BCUT2D eigenvalue weighted by molar-refractivity contribution is -0.116. The van der Waals surface area contributed by atoms with Crippen LogP contribution in [0.4, 0.5) is 5.69 Å². The zero-order valence-corrected chi connectivity index (χ0v) is 14.7. The Morgan fingerprint density at radius 2 is 2.12 bits per heavy atom. The minimum absolute atomic E-state index is 0.0842. The number of pyridine rings is 1. The zero-order chi connectivity index (χ0) is 17.1. The molecule has 0 atom stereocenters. The number of nitrogens with one attached hydrogen (secondary N) is 1. The van der Waals surface area contributed by atoms with Crippen LogP contribution >= 0.6 is 27.5 Å². The highest BCUT2D eigenvalue weighted by Crippen LogP contribution is 2.24. The predicted molar refractivity (Wildman–Crippen MR) is 95.6 cm³/mol. The van der Waals surface area contributed by atoms with Crippen LogP contribution in [-0.4, -0.2) is 20.0 Å². The van der Waals surface area contributed by atoms with Crippen LogP contribution in [0.3, 0.4) is 0 Å². The van der Waals surface area contributed by atoms with E-state index in [9.17, 15) is 9.59 Å². The lowest BCUT2D eigenvalue weighted by atomic mass is 10.2. The third-order valence-corrected chi connectivity index (χ3v) is 4.05. The fourth-order valence-electron chi connectivity index (χ4n) is 2.18. The van der Waals surface area contributed by atoms with Crippen molar-refractivity contribution < 1.29 is 4.79 Å². The number of aromatic nitrogens is 3. The summed E-state index contributed by atoms with van der Waals surface area (Å²) in [5.41, 5.74) is 1.06. The van der Waals surface area contributed by atoms with Crippen LogP contribution in [-0.2, 0) is 11.3 Å². The van der Waals surface area contributed by atoms with E-state index in [1.807, 2.05) is 0 Å². The summed E-state index contributed by atoms with van der Waals surface area (Å²) >= 11 is 9.52. The summed E-state index contributed by atoms with van der Waals surface area (Å²) in [4.78, 5) is 27.8. The van der Waals surface area contributed by atoms with E-state index in [4.69, 9.17) is 11.6 Å². The number of nitrogens with zero attached hydrogens (tertiary/aromatic N) is 3. The molecule has 122 valence electrons. The summed E-state index contributed by atoms with van der Waals surface area (Å²) < 4.78 is 3.82. The van der Waals surface area contributed by atoms with Crippen molar-refractivity contribution in [3.63, 3.8) is 0 Å². The van der Waals surface area contributed by atoms with Crippen LogP contribution in [0.15, 0.2) is 64.5 Å². The van der Waals surface area contributed by atoms with Crippen molar-refractivity contribution in [2.45, 2.75) is 6.54 Å². The number of halogens is 2.